The van der Waals surface area contributed by atoms with Gasteiger partial charge in [0.1, 0.15) is 12.4 Å². The summed E-state index contributed by atoms with van der Waals surface area (Å²) in [6, 6.07) is 37.4. The summed E-state index contributed by atoms with van der Waals surface area (Å²) in [4.78, 5) is 30.7. The van der Waals surface area contributed by atoms with Crippen LogP contribution in [0.25, 0.3) is 33.5 Å². The van der Waals surface area contributed by atoms with Gasteiger partial charge < -0.3 is 18.8 Å². The number of hydrogen-bond acceptors (Lipinski definition) is 6. The smallest absolute Gasteiger partial charge is 0.309 e. The summed E-state index contributed by atoms with van der Waals surface area (Å²) in [6.45, 7) is 3.36. The first-order valence-electron chi connectivity index (χ1n) is 17.1. The van der Waals surface area contributed by atoms with Crippen molar-refractivity contribution in [3.05, 3.63) is 115 Å². The third-order valence-corrected chi connectivity index (χ3v) is 10.00. The Bertz CT molecular complexity index is 2040. The van der Waals surface area contributed by atoms with Crippen molar-refractivity contribution >= 4 is 40.2 Å². The number of carbonyl (C=O) groups excluding carboxylic acids is 1. The Morgan fingerprint density at radius 3 is 2.17 bits per heavy atom. The van der Waals surface area contributed by atoms with E-state index in [0.29, 0.717) is 6.61 Å². The van der Waals surface area contributed by atoms with Gasteiger partial charge in [0.2, 0.25) is 5.95 Å². The summed E-state index contributed by atoms with van der Waals surface area (Å²) in [5.41, 5.74) is 6.42. The molecule has 0 bridgehead atoms. The number of rotatable bonds is 9. The van der Waals surface area contributed by atoms with Crippen LogP contribution in [0.15, 0.2) is 114 Å². The van der Waals surface area contributed by atoms with Crippen molar-refractivity contribution in [2.45, 2.75) is 38.3 Å². The minimum absolute atomic E-state index is 0.0544. The molecule has 48 heavy (non-hydrogen) atoms. The second-order valence-electron chi connectivity index (χ2n) is 13.0. The van der Waals surface area contributed by atoms with Gasteiger partial charge in [-0.25, -0.2) is 9.97 Å². The molecule has 2 atom stereocenters. The van der Waals surface area contributed by atoms with Crippen LogP contribution in [0.4, 0.5) is 5.95 Å². The Kier molecular flexibility index (Phi) is 8.45. The highest BCUT2D eigenvalue weighted by Crippen LogP contribution is 2.36. The molecule has 242 valence electrons. The molecule has 0 saturated carbocycles. The first-order valence-corrected chi connectivity index (χ1v) is 17.1. The maximum atomic E-state index is 13.8. The van der Waals surface area contributed by atoms with Gasteiger partial charge in [-0.15, -0.1) is 0 Å². The van der Waals surface area contributed by atoms with Gasteiger partial charge in [0.15, 0.2) is 0 Å². The first kappa shape index (κ1) is 30.1. The molecule has 0 unspecified atom stereocenters. The Balaban J connectivity index is 1.01. The third-order valence-electron chi connectivity index (χ3n) is 10.00. The zero-order valence-electron chi connectivity index (χ0n) is 27.1. The van der Waals surface area contributed by atoms with Crippen LogP contribution in [-0.4, -0.2) is 57.5 Å². The van der Waals surface area contributed by atoms with Gasteiger partial charge in [0.25, 0.3) is 0 Å². The van der Waals surface area contributed by atoms with Crippen LogP contribution in [-0.2, 0) is 16.1 Å². The van der Waals surface area contributed by atoms with E-state index in [2.05, 4.69) is 91.8 Å². The summed E-state index contributed by atoms with van der Waals surface area (Å²) in [6.07, 6.45) is 5.30. The third kappa shape index (κ3) is 5.99. The molecule has 0 amide bonds. The molecular weight excluding hydrogens is 596 g/mol. The molecule has 2 aromatic heterocycles. The Morgan fingerprint density at radius 2 is 1.44 bits per heavy atom. The second kappa shape index (κ2) is 13.5. The van der Waals surface area contributed by atoms with E-state index in [1.165, 1.54) is 5.56 Å². The maximum absolute atomic E-state index is 13.8. The van der Waals surface area contributed by atoms with Crippen LogP contribution in [0.1, 0.15) is 37.3 Å². The number of para-hydroxylation sites is 4. The molecule has 2 aliphatic heterocycles. The number of carbonyl (C=O) groups is 1. The molecule has 8 rings (SSSR count). The van der Waals surface area contributed by atoms with Gasteiger partial charge in [-0.05, 0) is 67.6 Å². The monoisotopic (exact) mass is 636 g/mol. The normalized spacial score (nSPS) is 17.6. The molecule has 0 aliphatic carbocycles. The van der Waals surface area contributed by atoms with E-state index in [4.69, 9.17) is 14.7 Å². The number of anilines is 1. The van der Waals surface area contributed by atoms with Crippen molar-refractivity contribution in [2.75, 3.05) is 31.1 Å². The van der Waals surface area contributed by atoms with Crippen LogP contribution < -0.4 is 4.90 Å². The molecule has 8 heteroatoms. The van der Waals surface area contributed by atoms with Crippen molar-refractivity contribution in [2.24, 2.45) is 16.8 Å². The van der Waals surface area contributed by atoms with Gasteiger partial charge in [0.05, 0.1) is 40.6 Å². The Hall–Kier alpha value is -5.24. The van der Waals surface area contributed by atoms with Crippen LogP contribution in [0, 0.1) is 11.8 Å². The summed E-state index contributed by atoms with van der Waals surface area (Å²) < 4.78 is 10.9. The van der Waals surface area contributed by atoms with Crippen LogP contribution in [0.3, 0.4) is 0 Å². The highest BCUT2D eigenvalue weighted by Gasteiger charge is 2.33. The predicted octanol–water partition coefficient (Wildman–Crippen LogP) is 7.58. The molecule has 4 aromatic carbocycles. The lowest BCUT2D eigenvalue weighted by molar-refractivity contribution is -0.150. The lowest BCUT2D eigenvalue weighted by atomic mass is 9.91. The Labute approximate surface area is 280 Å². The zero-order chi connectivity index (χ0) is 32.3. The van der Waals surface area contributed by atoms with Crippen molar-refractivity contribution in [1.29, 1.82) is 0 Å². The van der Waals surface area contributed by atoms with Crippen molar-refractivity contribution < 1.29 is 9.53 Å². The minimum Gasteiger partial charge on any atom is -0.463 e. The van der Waals surface area contributed by atoms with Crippen molar-refractivity contribution in [3.63, 3.8) is 0 Å². The van der Waals surface area contributed by atoms with E-state index in [1.807, 2.05) is 42.6 Å². The lowest BCUT2D eigenvalue weighted by Gasteiger charge is -2.33. The van der Waals surface area contributed by atoms with E-state index in [1.54, 1.807) is 0 Å². The standard InChI is InChI=1S/C40H40N6O2/c47-39(32-21-25-44(26-22-32)40-43-33-15-7-9-17-35(33)45(40)27-29-11-3-1-4-12-29)48-28-37(30-19-23-41-24-20-30)46-36-18-10-8-16-34(36)42-38(46)31-13-5-2-6-14-31/h1-18,23,30,32,37H,19-22,24-28H2/t30-,37+/m0/s1. The quantitative estimate of drug-likeness (QED) is 0.153. The van der Waals surface area contributed by atoms with Crippen LogP contribution in [0.2, 0.25) is 0 Å². The van der Waals surface area contributed by atoms with Gasteiger partial charge in [0, 0.05) is 25.2 Å². The fourth-order valence-corrected chi connectivity index (χ4v) is 7.43. The van der Waals surface area contributed by atoms with E-state index in [-0.39, 0.29) is 23.8 Å². The van der Waals surface area contributed by atoms with Crippen LogP contribution in [0.5, 0.6) is 0 Å². The highest BCUT2D eigenvalue weighted by molar-refractivity contribution is 5.81. The number of imidazole rings is 2. The summed E-state index contributed by atoms with van der Waals surface area (Å²) in [5.74, 6) is 1.91. The van der Waals surface area contributed by atoms with E-state index >= 15 is 0 Å². The number of ether oxygens (including phenoxy) is 1. The second-order valence-corrected chi connectivity index (χ2v) is 13.0. The van der Waals surface area contributed by atoms with Crippen molar-refractivity contribution in [1.82, 2.24) is 19.1 Å². The molecule has 0 spiro atoms. The van der Waals surface area contributed by atoms with E-state index < -0.39 is 0 Å². The molecular formula is C40H40N6O2. The molecule has 0 N–H and O–H groups in total. The number of fused-ring (bicyclic) bond motifs is 2. The number of benzene rings is 4. The molecule has 4 heterocycles. The zero-order valence-corrected chi connectivity index (χ0v) is 27.1. The van der Waals surface area contributed by atoms with Gasteiger partial charge in [-0.2, -0.15) is 0 Å². The number of hydrogen-bond donors (Lipinski definition) is 0. The van der Waals surface area contributed by atoms with E-state index in [9.17, 15) is 4.79 Å². The summed E-state index contributed by atoms with van der Waals surface area (Å²) in [5, 5.41) is 0. The molecule has 1 saturated heterocycles. The van der Waals surface area contributed by atoms with Gasteiger partial charge >= 0.3 is 5.97 Å². The number of aromatic nitrogens is 4. The highest BCUT2D eigenvalue weighted by atomic mass is 16.5. The number of piperidine rings is 1. The molecule has 8 nitrogen and oxygen atoms in total. The van der Waals surface area contributed by atoms with Crippen LogP contribution >= 0.6 is 0 Å². The van der Waals surface area contributed by atoms with Gasteiger partial charge in [-0.3, -0.25) is 9.79 Å². The topological polar surface area (TPSA) is 77.5 Å². The van der Waals surface area contributed by atoms with Gasteiger partial charge in [-0.1, -0.05) is 84.9 Å². The number of aliphatic imine (C=N–C) groups is 1. The molecule has 0 radical (unpaired) electrons. The number of nitrogens with zero attached hydrogens (tertiary/aromatic N) is 6. The Morgan fingerprint density at radius 1 is 0.771 bits per heavy atom. The average Bonchev–Trinajstić information content (AvgIpc) is 3.72. The first-order chi connectivity index (χ1) is 23.7. The average molecular weight is 637 g/mol. The fourth-order valence-electron chi connectivity index (χ4n) is 7.43. The number of esters is 1. The molecule has 6 aromatic rings. The van der Waals surface area contributed by atoms with E-state index in [0.717, 1.165) is 91.3 Å². The van der Waals surface area contributed by atoms with Crippen molar-refractivity contribution in [3.8, 4) is 11.4 Å². The largest absolute Gasteiger partial charge is 0.463 e. The fraction of sp³-hybridized carbons (Fsp3) is 0.300. The molecule has 1 fully saturated rings. The SMILES string of the molecule is O=C(OC[C@H]([C@H]1CC=NCC1)n1c(-c2ccccc2)nc2ccccc21)C1CCN(c2nc3ccccc3n2Cc2ccccc2)CC1. The minimum atomic E-state index is -0.144. The maximum Gasteiger partial charge on any atom is 0.309 e. The lowest BCUT2D eigenvalue weighted by Crippen LogP contribution is -2.39. The molecule has 2 aliphatic rings. The predicted molar refractivity (Wildman–Crippen MR) is 191 cm³/mol. The summed E-state index contributed by atoms with van der Waals surface area (Å²) in [7, 11) is 0. The summed E-state index contributed by atoms with van der Waals surface area (Å²) >= 11 is 0.